The van der Waals surface area contributed by atoms with E-state index in [1.807, 2.05) is 52.2 Å². The average molecular weight is 466 g/mol. The molecule has 30 heavy (non-hydrogen) atoms. The van der Waals surface area contributed by atoms with Crippen LogP contribution in [0.2, 0.25) is 0 Å². The molecule has 0 radical (unpaired) electrons. The molecule has 0 saturated heterocycles. The van der Waals surface area contributed by atoms with Gasteiger partial charge in [0.25, 0.3) is 5.56 Å². The van der Waals surface area contributed by atoms with Gasteiger partial charge in [-0.3, -0.25) is 4.79 Å². The largest absolute Gasteiger partial charge is 0.369 e. The molecule has 8 nitrogen and oxygen atoms in total. The Hall–Kier alpha value is -3.38. The standard InChI is InChI=1S/C21H20BrN7O/c1-13(2)29-18(30)10-9-16(27-29)20-19(14-7-5-6-8-15(14)22)26-21(17(11-23)25-20)24-12-28(3)4/h5-10,12-13H,1-4H3. The van der Waals surface area contributed by atoms with Gasteiger partial charge in [0.1, 0.15) is 23.2 Å². The molecule has 0 amide bonds. The smallest absolute Gasteiger partial charge is 0.267 e. The second kappa shape index (κ2) is 8.97. The summed E-state index contributed by atoms with van der Waals surface area (Å²) in [6, 6.07) is 12.5. The Balaban J connectivity index is 2.34. The van der Waals surface area contributed by atoms with E-state index in [1.165, 1.54) is 10.7 Å². The Labute approximate surface area is 182 Å². The Kier molecular flexibility index (Phi) is 6.37. The van der Waals surface area contributed by atoms with Crippen molar-refractivity contribution in [1.29, 1.82) is 5.26 Å². The SMILES string of the molecule is CC(C)n1nc(-c2nc(C#N)c(N=CN(C)C)nc2-c2ccccc2Br)ccc1=O. The fraction of sp³-hybridized carbons (Fsp3) is 0.238. The maximum atomic E-state index is 12.2. The van der Waals surface area contributed by atoms with Crippen molar-refractivity contribution >= 4 is 28.1 Å². The quantitative estimate of drug-likeness (QED) is 0.419. The van der Waals surface area contributed by atoms with Gasteiger partial charge in [0.2, 0.25) is 0 Å². The molecule has 3 rings (SSSR count). The third kappa shape index (κ3) is 4.44. The maximum absolute atomic E-state index is 12.2. The third-order valence-electron chi connectivity index (χ3n) is 4.08. The van der Waals surface area contributed by atoms with Crippen LogP contribution in [0, 0.1) is 11.3 Å². The average Bonchev–Trinajstić information content (AvgIpc) is 2.72. The number of benzene rings is 1. The minimum atomic E-state index is -0.211. The molecule has 0 atom stereocenters. The van der Waals surface area contributed by atoms with E-state index in [0.29, 0.717) is 17.1 Å². The Bertz CT molecular complexity index is 1210. The lowest BCUT2D eigenvalue weighted by Crippen LogP contribution is -2.24. The molecule has 0 fully saturated rings. The lowest BCUT2D eigenvalue weighted by atomic mass is 10.1. The van der Waals surface area contributed by atoms with Gasteiger partial charge in [-0.05, 0) is 26.0 Å². The summed E-state index contributed by atoms with van der Waals surface area (Å²) in [7, 11) is 3.65. The van der Waals surface area contributed by atoms with Crippen molar-refractivity contribution in [3.05, 3.63) is 56.9 Å². The van der Waals surface area contributed by atoms with Crippen molar-refractivity contribution in [3.8, 4) is 28.7 Å². The van der Waals surface area contributed by atoms with Crippen LogP contribution in [0.1, 0.15) is 25.6 Å². The summed E-state index contributed by atoms with van der Waals surface area (Å²) in [5.74, 6) is 0.206. The van der Waals surface area contributed by atoms with Gasteiger partial charge in [0.05, 0.1) is 12.4 Å². The van der Waals surface area contributed by atoms with Crippen LogP contribution in [-0.2, 0) is 0 Å². The molecule has 0 spiro atoms. The normalized spacial score (nSPS) is 11.1. The van der Waals surface area contributed by atoms with E-state index in [9.17, 15) is 10.1 Å². The van der Waals surface area contributed by atoms with Gasteiger partial charge >= 0.3 is 0 Å². The lowest BCUT2D eigenvalue weighted by Gasteiger charge is -2.14. The summed E-state index contributed by atoms with van der Waals surface area (Å²) in [5.41, 5.74) is 1.99. The van der Waals surface area contributed by atoms with Gasteiger partial charge in [0.15, 0.2) is 11.5 Å². The minimum Gasteiger partial charge on any atom is -0.369 e. The van der Waals surface area contributed by atoms with Crippen molar-refractivity contribution in [1.82, 2.24) is 24.6 Å². The lowest BCUT2D eigenvalue weighted by molar-refractivity contribution is 0.504. The summed E-state index contributed by atoms with van der Waals surface area (Å²) in [4.78, 5) is 27.4. The van der Waals surface area contributed by atoms with E-state index in [2.05, 4.69) is 42.1 Å². The fourth-order valence-corrected chi connectivity index (χ4v) is 3.18. The summed E-state index contributed by atoms with van der Waals surface area (Å²) in [6.07, 6.45) is 1.56. The highest BCUT2D eigenvalue weighted by molar-refractivity contribution is 9.10. The molecule has 1 aromatic carbocycles. The van der Waals surface area contributed by atoms with Crippen LogP contribution in [0.4, 0.5) is 5.82 Å². The predicted octanol–water partition coefficient (Wildman–Crippen LogP) is 3.80. The number of aliphatic imine (C=N–C) groups is 1. The van der Waals surface area contributed by atoms with Crippen LogP contribution >= 0.6 is 15.9 Å². The van der Waals surface area contributed by atoms with Gasteiger partial charge in [-0.2, -0.15) is 10.4 Å². The van der Waals surface area contributed by atoms with E-state index < -0.39 is 0 Å². The molecular formula is C21H20BrN7O. The Morgan fingerprint density at radius 1 is 1.17 bits per heavy atom. The Morgan fingerprint density at radius 3 is 2.53 bits per heavy atom. The molecule has 2 aromatic heterocycles. The summed E-state index contributed by atoms with van der Waals surface area (Å²) in [6.45, 7) is 3.75. The molecule has 0 saturated carbocycles. The van der Waals surface area contributed by atoms with Crippen LogP contribution < -0.4 is 5.56 Å². The van der Waals surface area contributed by atoms with Crippen molar-refractivity contribution in [2.45, 2.75) is 19.9 Å². The molecule has 0 aliphatic carbocycles. The predicted molar refractivity (Wildman–Crippen MR) is 120 cm³/mol. The number of hydrogen-bond acceptors (Lipinski definition) is 6. The highest BCUT2D eigenvalue weighted by Gasteiger charge is 2.20. The number of nitriles is 1. The molecule has 0 N–H and O–H groups in total. The molecule has 0 aliphatic rings. The zero-order valence-electron chi connectivity index (χ0n) is 17.0. The molecule has 152 valence electrons. The summed E-state index contributed by atoms with van der Waals surface area (Å²) < 4.78 is 2.19. The van der Waals surface area contributed by atoms with E-state index in [-0.39, 0.29) is 23.1 Å². The first-order valence-corrected chi connectivity index (χ1v) is 9.99. The molecule has 3 aromatic rings. The monoisotopic (exact) mass is 465 g/mol. The number of nitrogens with zero attached hydrogens (tertiary/aromatic N) is 7. The van der Waals surface area contributed by atoms with Gasteiger partial charge < -0.3 is 4.90 Å². The zero-order valence-corrected chi connectivity index (χ0v) is 18.6. The van der Waals surface area contributed by atoms with E-state index in [1.54, 1.807) is 17.3 Å². The molecule has 0 unspecified atom stereocenters. The van der Waals surface area contributed by atoms with Gasteiger partial charge in [-0.1, -0.05) is 34.1 Å². The van der Waals surface area contributed by atoms with Crippen molar-refractivity contribution in [2.24, 2.45) is 4.99 Å². The molecule has 9 heteroatoms. The first-order valence-electron chi connectivity index (χ1n) is 9.19. The van der Waals surface area contributed by atoms with Crippen molar-refractivity contribution in [3.63, 3.8) is 0 Å². The third-order valence-corrected chi connectivity index (χ3v) is 4.77. The van der Waals surface area contributed by atoms with E-state index in [4.69, 9.17) is 0 Å². The number of hydrogen-bond donors (Lipinski definition) is 0. The Morgan fingerprint density at radius 2 is 1.90 bits per heavy atom. The zero-order chi connectivity index (χ0) is 21.8. The number of rotatable bonds is 5. The number of aromatic nitrogens is 4. The van der Waals surface area contributed by atoms with Crippen LogP contribution in [0.3, 0.4) is 0 Å². The van der Waals surface area contributed by atoms with Crippen LogP contribution in [-0.4, -0.2) is 45.1 Å². The second-order valence-corrected chi connectivity index (χ2v) is 7.84. The van der Waals surface area contributed by atoms with Crippen molar-refractivity contribution in [2.75, 3.05) is 14.1 Å². The van der Waals surface area contributed by atoms with Crippen LogP contribution in [0.25, 0.3) is 22.6 Å². The molecule has 2 heterocycles. The molecule has 0 bridgehead atoms. The maximum Gasteiger partial charge on any atom is 0.267 e. The summed E-state index contributed by atoms with van der Waals surface area (Å²) >= 11 is 3.56. The van der Waals surface area contributed by atoms with Crippen LogP contribution in [0.15, 0.2) is 50.7 Å². The second-order valence-electron chi connectivity index (χ2n) is 6.99. The number of halogens is 1. The topological polar surface area (TPSA) is 100 Å². The first-order chi connectivity index (χ1) is 14.3. The van der Waals surface area contributed by atoms with Crippen LogP contribution in [0.5, 0.6) is 0 Å². The first kappa shape index (κ1) is 21.3. The highest BCUT2D eigenvalue weighted by Crippen LogP contribution is 2.35. The van der Waals surface area contributed by atoms with Crippen molar-refractivity contribution < 1.29 is 0 Å². The van der Waals surface area contributed by atoms with Gasteiger partial charge in [0, 0.05) is 30.2 Å². The van der Waals surface area contributed by atoms with Gasteiger partial charge in [-0.15, -0.1) is 0 Å². The highest BCUT2D eigenvalue weighted by atomic mass is 79.9. The summed E-state index contributed by atoms with van der Waals surface area (Å²) in [5, 5.41) is 14.1. The fourth-order valence-electron chi connectivity index (χ4n) is 2.70. The van der Waals surface area contributed by atoms with E-state index >= 15 is 0 Å². The van der Waals surface area contributed by atoms with E-state index in [0.717, 1.165) is 10.0 Å². The van der Waals surface area contributed by atoms with Gasteiger partial charge in [-0.25, -0.2) is 19.6 Å². The molecular weight excluding hydrogens is 446 g/mol. The minimum absolute atomic E-state index is 0.0722. The molecule has 0 aliphatic heterocycles.